The molecule has 2 heterocycles. The largest absolute Gasteiger partial charge is 0.493 e. The van der Waals surface area contributed by atoms with Gasteiger partial charge in [-0.3, -0.25) is 4.90 Å². The first kappa shape index (κ1) is 21.2. The maximum absolute atomic E-state index is 12.5. The van der Waals surface area contributed by atoms with Crippen LogP contribution in [0.5, 0.6) is 11.5 Å². The Morgan fingerprint density at radius 3 is 2.50 bits per heavy atom. The number of aliphatic hydroxyl groups is 1. The summed E-state index contributed by atoms with van der Waals surface area (Å²) >= 11 is 0. The summed E-state index contributed by atoms with van der Waals surface area (Å²) in [5.74, 6) is 0.652. The van der Waals surface area contributed by atoms with E-state index in [1.165, 1.54) is 7.11 Å². The molecule has 2 aliphatic heterocycles. The van der Waals surface area contributed by atoms with E-state index >= 15 is 0 Å². The van der Waals surface area contributed by atoms with Gasteiger partial charge in [0.25, 0.3) is 0 Å². The van der Waals surface area contributed by atoms with Crippen molar-refractivity contribution >= 4 is 0 Å². The van der Waals surface area contributed by atoms with Crippen molar-refractivity contribution in [1.29, 1.82) is 0 Å². The average Bonchev–Trinajstić information content (AvgIpc) is 2.58. The molecule has 0 amide bonds. The fraction of sp³-hybridized carbons (Fsp3) is 0.714. The van der Waals surface area contributed by atoms with Crippen LogP contribution >= 0.6 is 0 Å². The zero-order valence-electron chi connectivity index (χ0n) is 17.0. The molecule has 0 aliphatic carbocycles. The Balaban J connectivity index is 1.82. The first-order chi connectivity index (χ1) is 13.0. The van der Waals surface area contributed by atoms with E-state index in [9.17, 15) is 18.3 Å². The van der Waals surface area contributed by atoms with Crippen LogP contribution in [0.3, 0.4) is 0 Å². The topological polar surface area (TPSA) is 41.9 Å². The standard InChI is InChI=1S/C21H30F3NO3/c1-20(2,3)10-14-11-25-6-5-13-7-19(28-12-21(22,23)24)18(27-4)8-15(13)16(25)9-17(14)26/h7-8,14,16-17,26H,5-6,9-12H2,1-4H3/t14-,16-,17+/m1/s1. The molecule has 158 valence electrons. The molecule has 0 radical (unpaired) electrons. The van der Waals surface area contributed by atoms with Gasteiger partial charge in [-0.25, -0.2) is 0 Å². The Bertz CT molecular complexity index is 699. The Hall–Kier alpha value is -1.47. The fourth-order valence-corrected chi connectivity index (χ4v) is 4.52. The molecule has 0 aromatic heterocycles. The molecule has 0 unspecified atom stereocenters. The Morgan fingerprint density at radius 2 is 1.89 bits per heavy atom. The molecule has 1 saturated heterocycles. The lowest BCUT2D eigenvalue weighted by atomic mass is 9.75. The van der Waals surface area contributed by atoms with E-state index in [4.69, 9.17) is 9.47 Å². The minimum atomic E-state index is -4.40. The van der Waals surface area contributed by atoms with Gasteiger partial charge in [0.15, 0.2) is 18.1 Å². The van der Waals surface area contributed by atoms with Crippen LogP contribution in [-0.4, -0.2) is 49.1 Å². The van der Waals surface area contributed by atoms with Gasteiger partial charge >= 0.3 is 6.18 Å². The highest BCUT2D eigenvalue weighted by atomic mass is 19.4. The van der Waals surface area contributed by atoms with E-state index < -0.39 is 18.9 Å². The summed E-state index contributed by atoms with van der Waals surface area (Å²) in [5, 5.41) is 10.7. The van der Waals surface area contributed by atoms with Crippen LogP contribution in [0.25, 0.3) is 0 Å². The number of methoxy groups -OCH3 is 1. The van der Waals surface area contributed by atoms with E-state index in [2.05, 4.69) is 25.7 Å². The third-order valence-electron chi connectivity index (χ3n) is 5.64. The SMILES string of the molecule is COc1cc2c(cc1OCC(F)(F)F)CCN1C[C@@H](CC(C)(C)C)[C@@H](O)C[C@H]21. The second-order valence-electron chi connectivity index (χ2n) is 9.19. The molecule has 3 rings (SSSR count). The van der Waals surface area contributed by atoms with Gasteiger partial charge in [-0.1, -0.05) is 20.8 Å². The van der Waals surface area contributed by atoms with Crippen LogP contribution in [0.4, 0.5) is 13.2 Å². The van der Waals surface area contributed by atoms with Crippen molar-refractivity contribution < 1.29 is 27.8 Å². The van der Waals surface area contributed by atoms with Gasteiger partial charge in [0.05, 0.1) is 13.2 Å². The van der Waals surface area contributed by atoms with Crippen molar-refractivity contribution in [2.24, 2.45) is 11.3 Å². The predicted octanol–water partition coefficient (Wildman–Crippen LogP) is 4.35. The molecule has 3 atom stereocenters. The van der Waals surface area contributed by atoms with E-state index in [1.54, 1.807) is 12.1 Å². The van der Waals surface area contributed by atoms with Gasteiger partial charge in [0.1, 0.15) is 0 Å². The maximum atomic E-state index is 12.5. The number of ether oxygens (including phenoxy) is 2. The molecule has 0 bridgehead atoms. The molecular formula is C21H30F3NO3. The van der Waals surface area contributed by atoms with Gasteiger partial charge in [-0.05, 0) is 53.9 Å². The van der Waals surface area contributed by atoms with Crippen LogP contribution < -0.4 is 9.47 Å². The Labute approximate surface area is 164 Å². The van der Waals surface area contributed by atoms with Gasteiger partial charge in [-0.2, -0.15) is 13.2 Å². The second-order valence-corrected chi connectivity index (χ2v) is 9.19. The summed E-state index contributed by atoms with van der Waals surface area (Å²) in [6.07, 6.45) is -2.46. The van der Waals surface area contributed by atoms with Crippen molar-refractivity contribution in [3.63, 3.8) is 0 Å². The predicted molar refractivity (Wildman–Crippen MR) is 101 cm³/mol. The third-order valence-corrected chi connectivity index (χ3v) is 5.64. The highest BCUT2D eigenvalue weighted by molar-refractivity contribution is 5.49. The molecule has 0 saturated carbocycles. The molecular weight excluding hydrogens is 371 g/mol. The van der Waals surface area contributed by atoms with Gasteiger partial charge in [-0.15, -0.1) is 0 Å². The highest BCUT2D eigenvalue weighted by Crippen LogP contribution is 2.44. The molecule has 7 heteroatoms. The lowest BCUT2D eigenvalue weighted by molar-refractivity contribution is -0.153. The number of nitrogens with zero attached hydrogens (tertiary/aromatic N) is 1. The molecule has 1 aromatic carbocycles. The maximum Gasteiger partial charge on any atom is 0.422 e. The molecule has 1 fully saturated rings. The third kappa shape index (κ3) is 4.92. The number of halogens is 3. The van der Waals surface area contributed by atoms with Crippen LogP contribution in [0, 0.1) is 11.3 Å². The van der Waals surface area contributed by atoms with Crippen molar-refractivity contribution in [3.8, 4) is 11.5 Å². The molecule has 2 aliphatic rings. The normalized spacial score (nSPS) is 25.8. The fourth-order valence-electron chi connectivity index (χ4n) is 4.52. The smallest absolute Gasteiger partial charge is 0.422 e. The number of hydrogen-bond acceptors (Lipinski definition) is 4. The monoisotopic (exact) mass is 401 g/mol. The number of aliphatic hydroxyl groups excluding tert-OH is 1. The first-order valence-corrected chi connectivity index (χ1v) is 9.79. The summed E-state index contributed by atoms with van der Waals surface area (Å²) < 4.78 is 47.9. The lowest BCUT2D eigenvalue weighted by Gasteiger charge is -2.47. The first-order valence-electron chi connectivity index (χ1n) is 9.79. The summed E-state index contributed by atoms with van der Waals surface area (Å²) in [5.41, 5.74) is 2.15. The van der Waals surface area contributed by atoms with Crippen LogP contribution in [0.2, 0.25) is 0 Å². The number of piperidine rings is 1. The molecule has 4 nitrogen and oxygen atoms in total. The molecule has 1 aromatic rings. The summed E-state index contributed by atoms with van der Waals surface area (Å²) in [6, 6.07) is 3.51. The summed E-state index contributed by atoms with van der Waals surface area (Å²) in [4.78, 5) is 2.39. The minimum Gasteiger partial charge on any atom is -0.493 e. The van der Waals surface area contributed by atoms with E-state index in [0.29, 0.717) is 12.2 Å². The highest BCUT2D eigenvalue weighted by Gasteiger charge is 2.40. The van der Waals surface area contributed by atoms with Gasteiger partial charge < -0.3 is 14.6 Å². The number of fused-ring (bicyclic) bond motifs is 3. The zero-order valence-corrected chi connectivity index (χ0v) is 17.0. The van der Waals surface area contributed by atoms with Crippen LogP contribution in [0.15, 0.2) is 12.1 Å². The van der Waals surface area contributed by atoms with Crippen LogP contribution in [-0.2, 0) is 6.42 Å². The van der Waals surface area contributed by atoms with E-state index in [-0.39, 0.29) is 23.1 Å². The molecule has 1 N–H and O–H groups in total. The van der Waals surface area contributed by atoms with Crippen molar-refractivity contribution in [3.05, 3.63) is 23.3 Å². The second kappa shape index (κ2) is 7.75. The van der Waals surface area contributed by atoms with Crippen LogP contribution in [0.1, 0.15) is 50.8 Å². The summed E-state index contributed by atoms with van der Waals surface area (Å²) in [7, 11) is 1.43. The van der Waals surface area contributed by atoms with E-state index in [1.807, 2.05) is 0 Å². The molecule has 0 spiro atoms. The summed E-state index contributed by atoms with van der Waals surface area (Å²) in [6.45, 7) is 6.87. The Morgan fingerprint density at radius 1 is 1.18 bits per heavy atom. The van der Waals surface area contributed by atoms with Crippen molar-refractivity contribution in [1.82, 2.24) is 4.90 Å². The number of alkyl halides is 3. The number of benzene rings is 1. The lowest BCUT2D eigenvalue weighted by Crippen LogP contribution is -2.48. The Kier molecular flexibility index (Phi) is 5.88. The van der Waals surface area contributed by atoms with E-state index in [0.717, 1.165) is 37.1 Å². The van der Waals surface area contributed by atoms with Crippen molar-refractivity contribution in [2.75, 3.05) is 26.8 Å². The minimum absolute atomic E-state index is 0.0561. The quantitative estimate of drug-likeness (QED) is 0.814. The van der Waals surface area contributed by atoms with Gasteiger partial charge in [0.2, 0.25) is 0 Å². The van der Waals surface area contributed by atoms with Gasteiger partial charge in [0, 0.05) is 19.1 Å². The zero-order chi connectivity index (χ0) is 20.7. The number of hydrogen-bond donors (Lipinski definition) is 1. The average molecular weight is 401 g/mol. The molecule has 28 heavy (non-hydrogen) atoms. The van der Waals surface area contributed by atoms with Crippen molar-refractivity contribution in [2.45, 2.75) is 58.4 Å². The number of rotatable bonds is 4.